The zero-order chi connectivity index (χ0) is 25.2. The van der Waals surface area contributed by atoms with Crippen LogP contribution in [-0.4, -0.2) is 49.8 Å². The van der Waals surface area contributed by atoms with E-state index in [0.29, 0.717) is 42.4 Å². The van der Waals surface area contributed by atoms with Crippen LogP contribution in [0.25, 0.3) is 10.9 Å². The molecule has 7 nitrogen and oxygen atoms in total. The summed E-state index contributed by atoms with van der Waals surface area (Å²) in [6.45, 7) is 7.20. The summed E-state index contributed by atoms with van der Waals surface area (Å²) in [6.07, 6.45) is 3.05. The van der Waals surface area contributed by atoms with Crippen molar-refractivity contribution >= 4 is 44.1 Å². The zero-order valence-corrected chi connectivity index (χ0v) is 21.8. The number of nitrogens with zero attached hydrogens (tertiary/aromatic N) is 2. The topological polar surface area (TPSA) is 91.4 Å². The Kier molecular flexibility index (Phi) is 7.64. The summed E-state index contributed by atoms with van der Waals surface area (Å²) in [7, 11) is -3.67. The number of benzene rings is 2. The van der Waals surface area contributed by atoms with E-state index >= 15 is 0 Å². The second kappa shape index (κ2) is 10.5. The Hall–Kier alpha value is -2.68. The van der Waals surface area contributed by atoms with E-state index in [4.69, 9.17) is 11.6 Å². The largest absolute Gasteiger partial charge is 0.383 e. The second-order valence-corrected chi connectivity index (χ2v) is 11.5. The zero-order valence-electron chi connectivity index (χ0n) is 20.3. The van der Waals surface area contributed by atoms with Crippen LogP contribution in [0.1, 0.15) is 29.5 Å². The van der Waals surface area contributed by atoms with Gasteiger partial charge in [0.2, 0.25) is 15.9 Å². The molecule has 4 rings (SSSR count). The van der Waals surface area contributed by atoms with Crippen molar-refractivity contribution in [2.45, 2.75) is 38.5 Å². The number of amides is 1. The quantitative estimate of drug-likeness (QED) is 0.455. The number of halogens is 1. The monoisotopic (exact) mass is 514 g/mol. The molecule has 0 aliphatic carbocycles. The molecule has 186 valence electrons. The molecular formula is C26H31ClN4O3S. The first-order valence-corrected chi connectivity index (χ1v) is 13.6. The van der Waals surface area contributed by atoms with Gasteiger partial charge in [-0.15, -0.1) is 0 Å². The van der Waals surface area contributed by atoms with E-state index in [2.05, 4.69) is 15.6 Å². The summed E-state index contributed by atoms with van der Waals surface area (Å²) < 4.78 is 28.3. The summed E-state index contributed by atoms with van der Waals surface area (Å²) >= 11 is 6.05. The van der Waals surface area contributed by atoms with Crippen LogP contribution in [0, 0.1) is 26.7 Å². The molecule has 0 radical (unpaired) electrons. The maximum Gasteiger partial charge on any atom is 0.243 e. The lowest BCUT2D eigenvalue weighted by Gasteiger charge is -2.32. The summed E-state index contributed by atoms with van der Waals surface area (Å²) in [5, 5.41) is 7.88. The Morgan fingerprint density at radius 1 is 1.11 bits per heavy atom. The average Bonchev–Trinajstić information content (AvgIpc) is 2.80. The standard InChI is InChI=1S/C26H31ClN4O3S/c1-17-13-18(2)25(19(3)14-17)35(33,34)31-12-4-5-20(16-31)26(32)30-11-10-29-23-8-9-28-24-15-21(27)6-7-22(23)24/h6-9,13-15,20H,4-5,10-12,16H2,1-3H3,(H,28,29)(H,30,32)/t20-/m1/s1. The molecular weight excluding hydrogens is 484 g/mol. The van der Waals surface area contributed by atoms with Gasteiger partial charge in [-0.25, -0.2) is 8.42 Å². The number of aryl methyl sites for hydroxylation is 3. The number of hydrogen-bond donors (Lipinski definition) is 2. The fourth-order valence-corrected chi connectivity index (χ4v) is 6.98. The van der Waals surface area contributed by atoms with Gasteiger partial charge in [0.1, 0.15) is 0 Å². The summed E-state index contributed by atoms with van der Waals surface area (Å²) in [6, 6.07) is 11.2. The molecule has 1 aliphatic rings. The van der Waals surface area contributed by atoms with Crippen LogP contribution in [0.15, 0.2) is 47.5 Å². The van der Waals surface area contributed by atoms with Gasteiger partial charge in [0.05, 0.1) is 16.3 Å². The van der Waals surface area contributed by atoms with Crippen LogP contribution in [0.5, 0.6) is 0 Å². The van der Waals surface area contributed by atoms with Gasteiger partial charge in [-0.1, -0.05) is 29.3 Å². The molecule has 1 aromatic heterocycles. The SMILES string of the molecule is Cc1cc(C)c(S(=O)(=O)N2CCC[C@@H](C(=O)NCCNc3ccnc4cc(Cl)ccc34)C2)c(C)c1. The number of sulfonamides is 1. The average molecular weight is 515 g/mol. The number of nitrogens with one attached hydrogen (secondary N) is 2. The van der Waals surface area contributed by atoms with Crippen molar-refractivity contribution in [1.82, 2.24) is 14.6 Å². The first kappa shape index (κ1) is 25.4. The van der Waals surface area contributed by atoms with Crippen LogP contribution < -0.4 is 10.6 Å². The molecule has 1 fully saturated rings. The van der Waals surface area contributed by atoms with Gasteiger partial charge in [0, 0.05) is 48.5 Å². The second-order valence-electron chi connectivity index (χ2n) is 9.17. The van der Waals surface area contributed by atoms with Gasteiger partial charge >= 0.3 is 0 Å². The fourth-order valence-electron chi connectivity index (χ4n) is 4.88. The molecule has 1 atom stereocenters. The highest BCUT2D eigenvalue weighted by molar-refractivity contribution is 7.89. The molecule has 9 heteroatoms. The minimum Gasteiger partial charge on any atom is -0.383 e. The van der Waals surface area contributed by atoms with Crippen molar-refractivity contribution in [2.75, 3.05) is 31.5 Å². The smallest absolute Gasteiger partial charge is 0.243 e. The molecule has 2 aromatic carbocycles. The van der Waals surface area contributed by atoms with E-state index in [-0.39, 0.29) is 18.4 Å². The normalized spacial score (nSPS) is 16.9. The maximum absolute atomic E-state index is 13.4. The van der Waals surface area contributed by atoms with Crippen molar-refractivity contribution in [1.29, 1.82) is 0 Å². The third kappa shape index (κ3) is 5.60. The lowest BCUT2D eigenvalue weighted by Crippen LogP contribution is -2.46. The summed E-state index contributed by atoms with van der Waals surface area (Å²) in [5.74, 6) is -0.482. The van der Waals surface area contributed by atoms with E-state index < -0.39 is 10.0 Å². The van der Waals surface area contributed by atoms with Gasteiger partial charge in [0.15, 0.2) is 0 Å². The number of fused-ring (bicyclic) bond motifs is 1. The minimum absolute atomic E-state index is 0.115. The van der Waals surface area contributed by atoms with Crippen molar-refractivity contribution in [3.05, 3.63) is 64.3 Å². The van der Waals surface area contributed by atoms with Crippen LogP contribution in [-0.2, 0) is 14.8 Å². The summed E-state index contributed by atoms with van der Waals surface area (Å²) in [5.41, 5.74) is 4.23. The molecule has 3 aromatic rings. The molecule has 0 spiro atoms. The van der Waals surface area contributed by atoms with Gasteiger partial charge in [-0.05, 0) is 69.0 Å². The van der Waals surface area contributed by atoms with Gasteiger partial charge in [0.25, 0.3) is 0 Å². The fraction of sp³-hybridized carbons (Fsp3) is 0.385. The Morgan fingerprint density at radius 3 is 2.60 bits per heavy atom. The predicted molar refractivity (Wildman–Crippen MR) is 140 cm³/mol. The van der Waals surface area contributed by atoms with E-state index in [0.717, 1.165) is 33.3 Å². The Balaban J connectivity index is 1.35. The van der Waals surface area contributed by atoms with Gasteiger partial charge in [-0.2, -0.15) is 4.31 Å². The van der Waals surface area contributed by atoms with Crippen LogP contribution in [0.3, 0.4) is 0 Å². The number of pyridine rings is 1. The van der Waals surface area contributed by atoms with Crippen LogP contribution in [0.4, 0.5) is 5.69 Å². The molecule has 1 amide bonds. The number of hydrogen-bond acceptors (Lipinski definition) is 5. The highest BCUT2D eigenvalue weighted by atomic mass is 35.5. The molecule has 2 N–H and O–H groups in total. The highest BCUT2D eigenvalue weighted by Gasteiger charge is 2.34. The van der Waals surface area contributed by atoms with Gasteiger partial charge in [-0.3, -0.25) is 9.78 Å². The van der Waals surface area contributed by atoms with Gasteiger partial charge < -0.3 is 10.6 Å². The third-order valence-corrected chi connectivity index (χ3v) is 8.81. The first-order chi connectivity index (χ1) is 16.7. The number of piperidine rings is 1. The van der Waals surface area contributed by atoms with E-state index in [1.54, 1.807) is 6.20 Å². The maximum atomic E-state index is 13.4. The molecule has 35 heavy (non-hydrogen) atoms. The Bertz CT molecular complexity index is 1340. The van der Waals surface area contributed by atoms with Crippen molar-refractivity contribution in [3.63, 3.8) is 0 Å². The number of aromatic nitrogens is 1. The predicted octanol–water partition coefficient (Wildman–Crippen LogP) is 4.44. The Morgan fingerprint density at radius 2 is 1.86 bits per heavy atom. The van der Waals surface area contributed by atoms with E-state index in [9.17, 15) is 13.2 Å². The number of carbonyl (C=O) groups excluding carboxylic acids is 1. The van der Waals surface area contributed by atoms with Crippen molar-refractivity contribution in [3.8, 4) is 0 Å². The molecule has 1 aliphatic heterocycles. The number of carbonyl (C=O) groups is 1. The molecule has 2 heterocycles. The molecule has 0 saturated carbocycles. The molecule has 1 saturated heterocycles. The van der Waals surface area contributed by atoms with Crippen molar-refractivity contribution < 1.29 is 13.2 Å². The molecule has 0 unspecified atom stereocenters. The first-order valence-electron chi connectivity index (χ1n) is 11.8. The molecule has 0 bridgehead atoms. The van der Waals surface area contributed by atoms with Crippen LogP contribution in [0.2, 0.25) is 5.02 Å². The lowest BCUT2D eigenvalue weighted by molar-refractivity contribution is -0.125. The lowest BCUT2D eigenvalue weighted by atomic mass is 9.99. The van der Waals surface area contributed by atoms with E-state index in [1.807, 2.05) is 57.2 Å². The van der Waals surface area contributed by atoms with Crippen LogP contribution >= 0.6 is 11.6 Å². The number of rotatable bonds is 7. The highest BCUT2D eigenvalue weighted by Crippen LogP contribution is 2.29. The van der Waals surface area contributed by atoms with Crippen molar-refractivity contribution in [2.24, 2.45) is 5.92 Å². The number of anilines is 1. The van der Waals surface area contributed by atoms with E-state index in [1.165, 1.54) is 4.31 Å². The third-order valence-electron chi connectivity index (χ3n) is 6.40. The minimum atomic E-state index is -3.67. The Labute approximate surface area is 211 Å². The summed E-state index contributed by atoms with van der Waals surface area (Å²) in [4.78, 5) is 17.6.